The van der Waals surface area contributed by atoms with Crippen molar-refractivity contribution in [1.82, 2.24) is 9.97 Å². The first kappa shape index (κ1) is 11.1. The van der Waals surface area contributed by atoms with E-state index in [1.165, 1.54) is 12.1 Å². The van der Waals surface area contributed by atoms with E-state index in [4.69, 9.17) is 0 Å². The van der Waals surface area contributed by atoms with Crippen molar-refractivity contribution in [3.63, 3.8) is 0 Å². The number of H-pyrrole nitrogens is 1. The highest BCUT2D eigenvalue weighted by molar-refractivity contribution is 9.10. The molecule has 0 spiro atoms. The molecule has 0 radical (unpaired) electrons. The number of benzene rings is 1. The first-order valence-electron chi connectivity index (χ1n) is 4.15. The number of aromatic amines is 1. The molecule has 0 aliphatic carbocycles. The van der Waals surface area contributed by atoms with Crippen molar-refractivity contribution in [2.24, 2.45) is 0 Å². The number of rotatable bonds is 0. The van der Waals surface area contributed by atoms with Gasteiger partial charge in [-0.2, -0.15) is 18.2 Å². The van der Waals surface area contributed by atoms with E-state index >= 15 is 0 Å². The molecule has 16 heavy (non-hydrogen) atoms. The number of hydrogen-bond acceptors (Lipinski definition) is 2. The van der Waals surface area contributed by atoms with Crippen LogP contribution in [0, 0.1) is 0 Å². The summed E-state index contributed by atoms with van der Waals surface area (Å²) in [6.45, 7) is 0. The van der Waals surface area contributed by atoms with Crippen LogP contribution < -0.4 is 5.69 Å². The highest BCUT2D eigenvalue weighted by atomic mass is 79.9. The van der Waals surface area contributed by atoms with Crippen molar-refractivity contribution in [2.75, 3.05) is 0 Å². The molecule has 84 valence electrons. The lowest BCUT2D eigenvalue weighted by atomic mass is 10.2. The van der Waals surface area contributed by atoms with Crippen LogP contribution in [0.25, 0.3) is 10.9 Å². The normalized spacial score (nSPS) is 12.0. The number of hydrogen-bond donors (Lipinski definition) is 1. The van der Waals surface area contributed by atoms with Gasteiger partial charge in [0.1, 0.15) is 0 Å². The second-order valence-electron chi connectivity index (χ2n) is 3.08. The Morgan fingerprint density at radius 3 is 2.62 bits per heavy atom. The van der Waals surface area contributed by atoms with Gasteiger partial charge in [-0.1, -0.05) is 15.9 Å². The van der Waals surface area contributed by atoms with Gasteiger partial charge in [-0.15, -0.1) is 0 Å². The van der Waals surface area contributed by atoms with Crippen LogP contribution in [0.1, 0.15) is 5.69 Å². The molecule has 1 aromatic heterocycles. The smallest absolute Gasteiger partial charge is 0.305 e. The van der Waals surface area contributed by atoms with Gasteiger partial charge in [-0.3, -0.25) is 0 Å². The third kappa shape index (κ3) is 1.95. The van der Waals surface area contributed by atoms with Crippen LogP contribution in [0.5, 0.6) is 0 Å². The Morgan fingerprint density at radius 1 is 1.31 bits per heavy atom. The van der Waals surface area contributed by atoms with Crippen molar-refractivity contribution in [3.8, 4) is 0 Å². The summed E-state index contributed by atoms with van der Waals surface area (Å²) < 4.78 is 38.3. The van der Waals surface area contributed by atoms with E-state index in [9.17, 15) is 18.0 Å². The third-order valence-corrected chi connectivity index (χ3v) is 2.45. The Balaban J connectivity index is 2.91. The molecule has 0 unspecified atom stereocenters. The molecule has 0 saturated carbocycles. The van der Waals surface area contributed by atoms with Gasteiger partial charge in [0.2, 0.25) is 0 Å². The monoisotopic (exact) mass is 292 g/mol. The van der Waals surface area contributed by atoms with Crippen LogP contribution in [-0.4, -0.2) is 9.97 Å². The van der Waals surface area contributed by atoms with E-state index in [-0.39, 0.29) is 10.9 Å². The minimum Gasteiger partial charge on any atom is -0.305 e. The summed E-state index contributed by atoms with van der Waals surface area (Å²) in [6, 6.07) is 4.19. The molecule has 0 fully saturated rings. The lowest BCUT2D eigenvalue weighted by molar-refractivity contribution is -0.140. The maximum atomic E-state index is 12.6. The first-order valence-corrected chi connectivity index (χ1v) is 4.94. The van der Waals surface area contributed by atoms with Crippen molar-refractivity contribution in [1.29, 1.82) is 0 Å². The number of nitrogens with zero attached hydrogens (tertiary/aromatic N) is 1. The summed E-state index contributed by atoms with van der Waals surface area (Å²) in [5.41, 5.74) is -2.08. The minimum absolute atomic E-state index is 0.107. The largest absolute Gasteiger partial charge is 0.434 e. The van der Waals surface area contributed by atoms with E-state index < -0.39 is 17.6 Å². The molecule has 0 amide bonds. The fourth-order valence-electron chi connectivity index (χ4n) is 1.34. The fraction of sp³-hybridized carbons (Fsp3) is 0.111. The summed E-state index contributed by atoms with van der Waals surface area (Å²) in [4.78, 5) is 16.2. The zero-order chi connectivity index (χ0) is 11.9. The standard InChI is InChI=1S/C9H4BrF3N2O/c10-4-1-2-6-5(3-4)7(9(11,12)13)15-8(16)14-6/h1-3H,(H,14,15,16). The maximum Gasteiger partial charge on any atom is 0.434 e. The number of aromatic nitrogens is 2. The summed E-state index contributed by atoms with van der Waals surface area (Å²) in [5, 5.41) is -0.138. The summed E-state index contributed by atoms with van der Waals surface area (Å²) in [7, 11) is 0. The van der Waals surface area contributed by atoms with Crippen LogP contribution in [0.3, 0.4) is 0 Å². The van der Waals surface area contributed by atoms with Crippen molar-refractivity contribution >= 4 is 26.8 Å². The zero-order valence-corrected chi connectivity index (χ0v) is 9.19. The molecule has 1 aromatic carbocycles. The minimum atomic E-state index is -4.65. The van der Waals surface area contributed by atoms with E-state index in [1.54, 1.807) is 6.07 Å². The maximum absolute atomic E-state index is 12.6. The Kier molecular flexibility index (Phi) is 2.49. The quantitative estimate of drug-likeness (QED) is 0.811. The highest BCUT2D eigenvalue weighted by Crippen LogP contribution is 2.32. The van der Waals surface area contributed by atoms with Crippen LogP contribution in [0.4, 0.5) is 13.2 Å². The van der Waals surface area contributed by atoms with Crippen LogP contribution >= 0.6 is 15.9 Å². The first-order chi connectivity index (χ1) is 7.38. The second-order valence-corrected chi connectivity index (χ2v) is 3.99. The summed E-state index contributed by atoms with van der Waals surface area (Å²) in [6.07, 6.45) is -4.65. The Labute approximate surface area is 95.4 Å². The molecule has 2 rings (SSSR count). The SMILES string of the molecule is O=c1nc(C(F)(F)F)c2cc(Br)ccc2[nH]1. The van der Waals surface area contributed by atoms with Gasteiger partial charge in [0.25, 0.3) is 0 Å². The zero-order valence-electron chi connectivity index (χ0n) is 7.60. The average molecular weight is 293 g/mol. The molecule has 1 N–H and O–H groups in total. The Bertz CT molecular complexity index is 606. The predicted octanol–water partition coefficient (Wildman–Crippen LogP) is 2.70. The molecular formula is C9H4BrF3N2O. The molecule has 0 atom stereocenters. The van der Waals surface area contributed by atoms with Gasteiger partial charge in [-0.05, 0) is 18.2 Å². The number of halogens is 4. The van der Waals surface area contributed by atoms with E-state index in [2.05, 4.69) is 25.9 Å². The van der Waals surface area contributed by atoms with Crippen molar-refractivity contribution < 1.29 is 13.2 Å². The third-order valence-electron chi connectivity index (χ3n) is 1.96. The van der Waals surface area contributed by atoms with E-state index in [0.717, 1.165) is 0 Å². The highest BCUT2D eigenvalue weighted by Gasteiger charge is 2.35. The fourth-order valence-corrected chi connectivity index (χ4v) is 1.70. The summed E-state index contributed by atoms with van der Waals surface area (Å²) >= 11 is 3.06. The second kappa shape index (κ2) is 3.58. The van der Waals surface area contributed by atoms with Gasteiger partial charge < -0.3 is 4.98 Å². The number of nitrogens with one attached hydrogen (secondary N) is 1. The van der Waals surface area contributed by atoms with Crippen LogP contribution in [0.15, 0.2) is 27.5 Å². The number of alkyl halides is 3. The number of fused-ring (bicyclic) bond motifs is 1. The lowest BCUT2D eigenvalue weighted by Crippen LogP contribution is -2.19. The molecule has 1 heterocycles. The Hall–Kier alpha value is -1.37. The van der Waals surface area contributed by atoms with Gasteiger partial charge >= 0.3 is 11.9 Å². The van der Waals surface area contributed by atoms with Gasteiger partial charge in [0, 0.05) is 9.86 Å². The van der Waals surface area contributed by atoms with E-state index in [1.807, 2.05) is 0 Å². The van der Waals surface area contributed by atoms with Crippen molar-refractivity contribution in [2.45, 2.75) is 6.18 Å². The topological polar surface area (TPSA) is 45.8 Å². The Morgan fingerprint density at radius 2 is 2.00 bits per heavy atom. The average Bonchev–Trinajstić information content (AvgIpc) is 2.16. The van der Waals surface area contributed by atoms with E-state index in [0.29, 0.717) is 4.47 Å². The van der Waals surface area contributed by atoms with Crippen molar-refractivity contribution in [3.05, 3.63) is 38.9 Å². The molecule has 3 nitrogen and oxygen atoms in total. The molecule has 0 bridgehead atoms. The molecule has 2 aromatic rings. The van der Waals surface area contributed by atoms with Crippen LogP contribution in [-0.2, 0) is 6.18 Å². The molecule has 0 saturated heterocycles. The lowest BCUT2D eigenvalue weighted by Gasteiger charge is -2.08. The molecular weight excluding hydrogens is 289 g/mol. The molecule has 7 heteroatoms. The molecule has 0 aliphatic rings. The van der Waals surface area contributed by atoms with Gasteiger partial charge in [0.05, 0.1) is 5.52 Å². The summed E-state index contributed by atoms with van der Waals surface area (Å²) in [5.74, 6) is 0. The predicted molar refractivity (Wildman–Crippen MR) is 55.1 cm³/mol. The molecule has 0 aliphatic heterocycles. The van der Waals surface area contributed by atoms with Gasteiger partial charge in [0.15, 0.2) is 5.69 Å². The van der Waals surface area contributed by atoms with Gasteiger partial charge in [-0.25, -0.2) is 4.79 Å². The van der Waals surface area contributed by atoms with Crippen LogP contribution in [0.2, 0.25) is 0 Å².